The van der Waals surface area contributed by atoms with Gasteiger partial charge in [0, 0.05) is 30.5 Å². The highest BCUT2D eigenvalue weighted by molar-refractivity contribution is 7.99. The van der Waals surface area contributed by atoms with E-state index in [-0.39, 0.29) is 0 Å². The van der Waals surface area contributed by atoms with Gasteiger partial charge in [0.25, 0.3) is 0 Å². The highest BCUT2D eigenvalue weighted by Crippen LogP contribution is 2.12. The van der Waals surface area contributed by atoms with Gasteiger partial charge in [-0.2, -0.15) is 11.8 Å². The Hall–Kier alpha value is -0.740. The van der Waals surface area contributed by atoms with Gasteiger partial charge in [0.15, 0.2) is 0 Å². The Labute approximate surface area is 112 Å². The second kappa shape index (κ2) is 8.37. The molecule has 17 heavy (non-hydrogen) atoms. The van der Waals surface area contributed by atoms with Crippen LogP contribution in [0.4, 0.5) is 5.82 Å². The van der Waals surface area contributed by atoms with Crippen LogP contribution in [0.2, 0.25) is 5.15 Å². The molecule has 0 spiro atoms. The van der Waals surface area contributed by atoms with Gasteiger partial charge in [0.2, 0.25) is 0 Å². The molecule has 0 saturated heterocycles. The van der Waals surface area contributed by atoms with Crippen molar-refractivity contribution in [1.29, 1.82) is 0 Å². The van der Waals surface area contributed by atoms with Crippen molar-refractivity contribution in [3.8, 4) is 0 Å². The average molecular weight is 272 g/mol. The van der Waals surface area contributed by atoms with Crippen LogP contribution in [-0.2, 0) is 6.42 Å². The number of thioether (sulfide) groups is 1. The number of hydrogen-bond acceptors (Lipinski definition) is 4. The molecule has 3 nitrogen and oxygen atoms in total. The van der Waals surface area contributed by atoms with E-state index in [1.54, 1.807) is 6.07 Å². The molecular weight excluding hydrogens is 254 g/mol. The van der Waals surface area contributed by atoms with Crippen molar-refractivity contribution in [2.24, 2.45) is 0 Å². The van der Waals surface area contributed by atoms with Crippen LogP contribution < -0.4 is 5.32 Å². The predicted molar refractivity (Wildman–Crippen MR) is 77.0 cm³/mol. The number of nitrogens with zero attached hydrogens (tertiary/aromatic N) is 2. The zero-order chi connectivity index (χ0) is 12.5. The molecule has 0 fully saturated rings. The van der Waals surface area contributed by atoms with Gasteiger partial charge < -0.3 is 5.32 Å². The normalized spacial score (nSPS) is 10.2. The first-order valence-corrected chi connectivity index (χ1v) is 7.25. The Morgan fingerprint density at radius 2 is 2.35 bits per heavy atom. The van der Waals surface area contributed by atoms with E-state index in [1.807, 2.05) is 17.8 Å². The van der Waals surface area contributed by atoms with Crippen molar-refractivity contribution in [1.82, 2.24) is 9.97 Å². The third kappa shape index (κ3) is 5.94. The topological polar surface area (TPSA) is 37.8 Å². The molecule has 1 rings (SSSR count). The van der Waals surface area contributed by atoms with Gasteiger partial charge in [0.05, 0.1) is 0 Å². The molecule has 0 unspecified atom stereocenters. The van der Waals surface area contributed by atoms with Crippen molar-refractivity contribution in [2.45, 2.75) is 19.8 Å². The zero-order valence-electron chi connectivity index (χ0n) is 10.1. The highest BCUT2D eigenvalue weighted by Gasteiger charge is 2.02. The summed E-state index contributed by atoms with van der Waals surface area (Å²) in [7, 11) is 0. The molecule has 94 valence electrons. The van der Waals surface area contributed by atoms with Crippen molar-refractivity contribution >= 4 is 29.2 Å². The average Bonchev–Trinajstić information content (AvgIpc) is 2.28. The van der Waals surface area contributed by atoms with E-state index in [2.05, 4.69) is 28.8 Å². The van der Waals surface area contributed by atoms with Crippen molar-refractivity contribution in [2.75, 3.05) is 23.4 Å². The maximum atomic E-state index is 5.94. The van der Waals surface area contributed by atoms with E-state index in [4.69, 9.17) is 11.6 Å². The number of anilines is 1. The molecule has 1 heterocycles. The van der Waals surface area contributed by atoms with Gasteiger partial charge >= 0.3 is 0 Å². The Morgan fingerprint density at radius 3 is 3.06 bits per heavy atom. The summed E-state index contributed by atoms with van der Waals surface area (Å²) in [4.78, 5) is 8.58. The molecule has 0 atom stereocenters. The molecule has 0 aliphatic carbocycles. The van der Waals surface area contributed by atoms with Crippen molar-refractivity contribution < 1.29 is 0 Å². The van der Waals surface area contributed by atoms with Crippen LogP contribution in [0.5, 0.6) is 0 Å². The second-order valence-electron chi connectivity index (χ2n) is 3.53. The van der Waals surface area contributed by atoms with Crippen LogP contribution in [0.3, 0.4) is 0 Å². The van der Waals surface area contributed by atoms with Crippen LogP contribution in [0.15, 0.2) is 18.7 Å². The Morgan fingerprint density at radius 1 is 1.53 bits per heavy atom. The van der Waals surface area contributed by atoms with Gasteiger partial charge in [-0.15, -0.1) is 6.58 Å². The van der Waals surface area contributed by atoms with E-state index in [0.29, 0.717) is 5.15 Å². The van der Waals surface area contributed by atoms with Gasteiger partial charge in [-0.25, -0.2) is 9.97 Å². The van der Waals surface area contributed by atoms with E-state index in [0.717, 1.165) is 42.5 Å². The van der Waals surface area contributed by atoms with Gasteiger partial charge in [-0.3, -0.25) is 0 Å². The predicted octanol–water partition coefficient (Wildman–Crippen LogP) is 3.41. The van der Waals surface area contributed by atoms with Crippen LogP contribution in [0.1, 0.15) is 19.2 Å². The van der Waals surface area contributed by atoms with Gasteiger partial charge in [-0.05, 0) is 6.42 Å². The number of aryl methyl sites for hydroxylation is 1. The largest absolute Gasteiger partial charge is 0.369 e. The number of hydrogen-bond donors (Lipinski definition) is 1. The Kier molecular flexibility index (Phi) is 7.05. The SMILES string of the molecule is C=CCSCCNc1cc(Cl)nc(CCC)n1. The quantitative estimate of drug-likeness (QED) is 0.447. The summed E-state index contributed by atoms with van der Waals surface area (Å²) in [5.41, 5.74) is 0. The Bertz CT molecular complexity index is 358. The van der Waals surface area contributed by atoms with E-state index in [9.17, 15) is 0 Å². The molecule has 0 aromatic carbocycles. The van der Waals surface area contributed by atoms with Crippen LogP contribution >= 0.6 is 23.4 Å². The van der Waals surface area contributed by atoms with Crippen LogP contribution in [-0.4, -0.2) is 28.0 Å². The number of aromatic nitrogens is 2. The highest BCUT2D eigenvalue weighted by atomic mass is 35.5. The van der Waals surface area contributed by atoms with E-state index in [1.165, 1.54) is 0 Å². The lowest BCUT2D eigenvalue weighted by molar-refractivity contribution is 0.835. The third-order valence-electron chi connectivity index (χ3n) is 2.00. The molecule has 0 radical (unpaired) electrons. The summed E-state index contributed by atoms with van der Waals surface area (Å²) in [6, 6.07) is 1.76. The summed E-state index contributed by atoms with van der Waals surface area (Å²) in [6.07, 6.45) is 3.79. The maximum Gasteiger partial charge on any atom is 0.134 e. The number of halogens is 1. The van der Waals surface area contributed by atoms with Crippen molar-refractivity contribution in [3.63, 3.8) is 0 Å². The van der Waals surface area contributed by atoms with Crippen LogP contribution in [0.25, 0.3) is 0 Å². The molecule has 0 aliphatic rings. The fourth-order valence-corrected chi connectivity index (χ4v) is 2.09. The summed E-state index contributed by atoms with van der Waals surface area (Å²) in [5.74, 6) is 3.62. The van der Waals surface area contributed by atoms with Crippen molar-refractivity contribution in [3.05, 3.63) is 29.7 Å². The summed E-state index contributed by atoms with van der Waals surface area (Å²) >= 11 is 7.77. The monoisotopic (exact) mass is 271 g/mol. The molecule has 0 aliphatic heterocycles. The second-order valence-corrected chi connectivity index (χ2v) is 5.07. The third-order valence-corrected chi connectivity index (χ3v) is 3.16. The molecule has 0 saturated carbocycles. The minimum atomic E-state index is 0.504. The maximum absolute atomic E-state index is 5.94. The molecule has 1 aromatic rings. The molecular formula is C12H18ClN3S. The van der Waals surface area contributed by atoms with Crippen LogP contribution in [0, 0.1) is 0 Å². The van der Waals surface area contributed by atoms with E-state index >= 15 is 0 Å². The molecule has 0 bridgehead atoms. The first-order valence-electron chi connectivity index (χ1n) is 5.72. The zero-order valence-corrected chi connectivity index (χ0v) is 11.7. The van der Waals surface area contributed by atoms with Gasteiger partial charge in [0.1, 0.15) is 16.8 Å². The summed E-state index contributed by atoms with van der Waals surface area (Å²) < 4.78 is 0. The Balaban J connectivity index is 2.43. The fourth-order valence-electron chi connectivity index (χ4n) is 1.31. The van der Waals surface area contributed by atoms with E-state index < -0.39 is 0 Å². The lowest BCUT2D eigenvalue weighted by atomic mass is 10.3. The summed E-state index contributed by atoms with van der Waals surface area (Å²) in [5, 5.41) is 3.76. The molecule has 1 aromatic heterocycles. The minimum Gasteiger partial charge on any atom is -0.369 e. The lowest BCUT2D eigenvalue weighted by Crippen LogP contribution is -2.08. The summed E-state index contributed by atoms with van der Waals surface area (Å²) in [6.45, 7) is 6.65. The molecule has 5 heteroatoms. The number of rotatable bonds is 8. The first-order chi connectivity index (χ1) is 8.26. The molecule has 0 amide bonds. The fraction of sp³-hybridized carbons (Fsp3) is 0.500. The molecule has 1 N–H and O–H groups in total. The lowest BCUT2D eigenvalue weighted by Gasteiger charge is -2.07. The minimum absolute atomic E-state index is 0.504. The standard InChI is InChI=1S/C12H18ClN3S/c1-3-5-11-15-10(13)9-12(16-11)14-6-8-17-7-4-2/h4,9H,2-3,5-8H2,1H3,(H,14,15,16). The van der Waals surface area contributed by atoms with Gasteiger partial charge in [-0.1, -0.05) is 24.6 Å². The number of nitrogens with one attached hydrogen (secondary N) is 1. The smallest absolute Gasteiger partial charge is 0.134 e. The first kappa shape index (κ1) is 14.3.